The Kier molecular flexibility index (Phi) is 7.76. The van der Waals surface area contributed by atoms with Gasteiger partial charge in [0.2, 0.25) is 11.1 Å². The zero-order valence-corrected chi connectivity index (χ0v) is 24.5. The maximum absolute atomic E-state index is 13.2. The first kappa shape index (κ1) is 28.3. The van der Waals surface area contributed by atoms with E-state index in [2.05, 4.69) is 45.1 Å². The summed E-state index contributed by atoms with van der Waals surface area (Å²) in [4.78, 5) is 44.9. The number of hydrogen-bond donors (Lipinski definition) is 0. The van der Waals surface area contributed by atoms with E-state index in [9.17, 15) is 19.7 Å². The number of carbonyl (C=O) groups excluding carboxylic acids is 2. The van der Waals surface area contributed by atoms with E-state index >= 15 is 0 Å². The fourth-order valence-corrected chi connectivity index (χ4v) is 6.12. The molecule has 218 valence electrons. The van der Waals surface area contributed by atoms with Crippen LogP contribution in [-0.2, 0) is 11.3 Å². The molecule has 1 saturated heterocycles. The first-order valence-corrected chi connectivity index (χ1v) is 14.9. The van der Waals surface area contributed by atoms with E-state index in [-0.39, 0.29) is 29.3 Å². The predicted octanol–water partition coefficient (Wildman–Crippen LogP) is 4.71. The zero-order chi connectivity index (χ0) is 30.1. The van der Waals surface area contributed by atoms with Crippen molar-refractivity contribution < 1.29 is 14.5 Å². The Labute approximate surface area is 251 Å². The molecule has 1 atom stereocenters. The SMILES string of the molecule is Cc1ccc2c(c1)c1nnc(SCC(=O)N3CCN(C(=O)c4ccc([N+](=O)[O-])cc4)C(C)C3)nc1n2Cc1ccccc1. The Hall–Kier alpha value is -4.84. The van der Waals surface area contributed by atoms with Gasteiger partial charge in [-0.05, 0) is 43.7 Å². The van der Waals surface area contributed by atoms with Gasteiger partial charge in [0.25, 0.3) is 11.6 Å². The molecule has 0 bridgehead atoms. The van der Waals surface area contributed by atoms with Crippen LogP contribution in [-0.4, -0.2) is 77.7 Å². The Morgan fingerprint density at radius 1 is 1.02 bits per heavy atom. The number of aryl methyl sites for hydroxylation is 1. The third-order valence-electron chi connectivity index (χ3n) is 7.68. The third kappa shape index (κ3) is 5.78. The minimum Gasteiger partial charge on any atom is -0.338 e. The van der Waals surface area contributed by atoms with E-state index in [0.29, 0.717) is 36.9 Å². The second kappa shape index (κ2) is 11.8. The molecule has 0 aliphatic carbocycles. The van der Waals surface area contributed by atoms with Crippen LogP contribution in [0.4, 0.5) is 5.69 Å². The number of aromatic nitrogens is 4. The van der Waals surface area contributed by atoms with Crippen molar-refractivity contribution in [3.05, 3.63) is 99.6 Å². The van der Waals surface area contributed by atoms with Gasteiger partial charge < -0.3 is 14.4 Å². The lowest BCUT2D eigenvalue weighted by molar-refractivity contribution is -0.384. The molecule has 2 aromatic heterocycles. The van der Waals surface area contributed by atoms with Crippen LogP contribution in [0.1, 0.15) is 28.4 Å². The fourth-order valence-electron chi connectivity index (χ4n) is 5.44. The van der Waals surface area contributed by atoms with Crippen LogP contribution in [0.25, 0.3) is 22.1 Å². The highest BCUT2D eigenvalue weighted by molar-refractivity contribution is 7.99. The highest BCUT2D eigenvalue weighted by Gasteiger charge is 2.30. The summed E-state index contributed by atoms with van der Waals surface area (Å²) in [6, 6.07) is 21.8. The number of nitrogens with zero attached hydrogens (tertiary/aromatic N) is 7. The van der Waals surface area contributed by atoms with E-state index in [4.69, 9.17) is 4.98 Å². The van der Waals surface area contributed by atoms with Gasteiger partial charge in [0.15, 0.2) is 5.65 Å². The molecule has 0 saturated carbocycles. The molecule has 0 spiro atoms. The number of hydrogen-bond acceptors (Lipinski definition) is 8. The largest absolute Gasteiger partial charge is 0.338 e. The molecule has 5 aromatic rings. The van der Waals surface area contributed by atoms with Gasteiger partial charge in [0.05, 0.1) is 16.2 Å². The van der Waals surface area contributed by atoms with Crippen LogP contribution < -0.4 is 0 Å². The summed E-state index contributed by atoms with van der Waals surface area (Å²) >= 11 is 1.25. The molecule has 0 N–H and O–H groups in total. The Morgan fingerprint density at radius 2 is 1.79 bits per heavy atom. The fraction of sp³-hybridized carbons (Fsp3) is 0.258. The third-order valence-corrected chi connectivity index (χ3v) is 8.50. The summed E-state index contributed by atoms with van der Waals surface area (Å²) < 4.78 is 2.14. The van der Waals surface area contributed by atoms with Crippen LogP contribution in [0.15, 0.2) is 78.0 Å². The number of rotatable bonds is 7. The number of carbonyl (C=O) groups is 2. The molecular weight excluding hydrogens is 566 g/mol. The number of benzene rings is 3. The summed E-state index contributed by atoms with van der Waals surface area (Å²) in [5.74, 6) is -0.130. The Morgan fingerprint density at radius 3 is 2.51 bits per heavy atom. The maximum Gasteiger partial charge on any atom is 0.269 e. The van der Waals surface area contributed by atoms with Crippen molar-refractivity contribution in [1.82, 2.24) is 29.5 Å². The molecule has 43 heavy (non-hydrogen) atoms. The smallest absolute Gasteiger partial charge is 0.269 e. The number of piperazine rings is 1. The zero-order valence-electron chi connectivity index (χ0n) is 23.7. The number of nitro benzene ring substituents is 1. The molecule has 1 unspecified atom stereocenters. The molecule has 12 heteroatoms. The Balaban J connectivity index is 1.14. The summed E-state index contributed by atoms with van der Waals surface area (Å²) in [5.41, 5.74) is 5.07. The van der Waals surface area contributed by atoms with E-state index in [0.717, 1.165) is 33.2 Å². The first-order chi connectivity index (χ1) is 20.8. The van der Waals surface area contributed by atoms with Crippen LogP contribution >= 0.6 is 11.8 Å². The lowest BCUT2D eigenvalue weighted by Gasteiger charge is -2.40. The highest BCUT2D eigenvalue weighted by Crippen LogP contribution is 2.29. The van der Waals surface area contributed by atoms with Crippen LogP contribution in [0, 0.1) is 17.0 Å². The molecule has 1 fully saturated rings. The summed E-state index contributed by atoms with van der Waals surface area (Å²) in [5, 5.41) is 21.2. The summed E-state index contributed by atoms with van der Waals surface area (Å²) in [6.45, 7) is 5.72. The van der Waals surface area contributed by atoms with E-state index in [1.54, 1.807) is 9.80 Å². The molecule has 11 nitrogen and oxygen atoms in total. The van der Waals surface area contributed by atoms with E-state index < -0.39 is 4.92 Å². The average molecular weight is 596 g/mol. The van der Waals surface area contributed by atoms with Crippen LogP contribution in [0.2, 0.25) is 0 Å². The first-order valence-electron chi connectivity index (χ1n) is 13.9. The van der Waals surface area contributed by atoms with Crippen LogP contribution in [0.3, 0.4) is 0 Å². The van der Waals surface area contributed by atoms with Crippen molar-refractivity contribution in [2.45, 2.75) is 31.6 Å². The second-order valence-corrected chi connectivity index (χ2v) is 11.6. The molecule has 3 heterocycles. The summed E-state index contributed by atoms with van der Waals surface area (Å²) in [6.07, 6.45) is 0. The Bertz CT molecular complexity index is 1840. The van der Waals surface area contributed by atoms with Gasteiger partial charge >= 0.3 is 0 Å². The van der Waals surface area contributed by atoms with Gasteiger partial charge in [-0.1, -0.05) is 53.7 Å². The number of fused-ring (bicyclic) bond motifs is 3. The lowest BCUT2D eigenvalue weighted by atomic mass is 10.1. The van der Waals surface area contributed by atoms with Gasteiger partial charge in [-0.15, -0.1) is 10.2 Å². The minimum atomic E-state index is -0.496. The standard InChI is InChI=1S/C31H29N7O4S/c1-20-8-13-26-25(16-20)28-29(37(26)18-22-6-4-3-5-7-22)32-31(34-33-28)43-19-27(39)35-14-15-36(21(2)17-35)30(40)23-9-11-24(12-10-23)38(41)42/h3-13,16,21H,14-15,17-19H2,1-2H3. The van der Waals surface area contributed by atoms with Crippen molar-refractivity contribution in [2.24, 2.45) is 0 Å². The number of amides is 2. The molecule has 1 aliphatic rings. The van der Waals surface area contributed by atoms with E-state index in [1.165, 1.54) is 36.0 Å². The highest BCUT2D eigenvalue weighted by atomic mass is 32.2. The van der Waals surface area contributed by atoms with Gasteiger partial charge in [0, 0.05) is 55.3 Å². The minimum absolute atomic E-state index is 0.0661. The maximum atomic E-state index is 13.2. The molecule has 3 aromatic carbocycles. The monoisotopic (exact) mass is 595 g/mol. The van der Waals surface area contributed by atoms with Gasteiger partial charge in [-0.3, -0.25) is 19.7 Å². The second-order valence-electron chi connectivity index (χ2n) is 10.6. The molecule has 6 rings (SSSR count). The number of nitro groups is 1. The van der Waals surface area contributed by atoms with Crippen LogP contribution in [0.5, 0.6) is 0 Å². The van der Waals surface area contributed by atoms with Gasteiger partial charge in [-0.2, -0.15) is 0 Å². The molecular formula is C31H29N7O4S. The quantitative estimate of drug-likeness (QED) is 0.150. The van der Waals surface area contributed by atoms with Gasteiger partial charge in [0.1, 0.15) is 5.52 Å². The lowest BCUT2D eigenvalue weighted by Crippen LogP contribution is -2.55. The predicted molar refractivity (Wildman–Crippen MR) is 164 cm³/mol. The van der Waals surface area contributed by atoms with Gasteiger partial charge in [-0.25, -0.2) is 4.98 Å². The average Bonchev–Trinajstić information content (AvgIpc) is 3.31. The molecule has 1 aliphatic heterocycles. The van der Waals surface area contributed by atoms with Crippen molar-refractivity contribution in [3.8, 4) is 0 Å². The normalized spacial score (nSPS) is 15.3. The van der Waals surface area contributed by atoms with Crippen molar-refractivity contribution in [1.29, 1.82) is 0 Å². The van der Waals surface area contributed by atoms with Crippen molar-refractivity contribution in [3.63, 3.8) is 0 Å². The molecule has 2 amide bonds. The summed E-state index contributed by atoms with van der Waals surface area (Å²) in [7, 11) is 0. The van der Waals surface area contributed by atoms with Crippen molar-refractivity contribution >= 4 is 51.3 Å². The topological polar surface area (TPSA) is 127 Å². The number of non-ortho nitro benzene ring substituents is 1. The van der Waals surface area contributed by atoms with Crippen molar-refractivity contribution in [2.75, 3.05) is 25.4 Å². The number of thioether (sulfide) groups is 1. The molecule has 0 radical (unpaired) electrons. The van der Waals surface area contributed by atoms with E-state index in [1.807, 2.05) is 32.0 Å².